The van der Waals surface area contributed by atoms with E-state index < -0.39 is 0 Å². The summed E-state index contributed by atoms with van der Waals surface area (Å²) in [6, 6.07) is 12.3. The Hall–Kier alpha value is -2.61. The maximum atomic E-state index is 8.61. The third kappa shape index (κ3) is 2.41. The Bertz CT molecular complexity index is 647. The van der Waals surface area contributed by atoms with E-state index in [4.69, 9.17) is 5.26 Å². The number of anilines is 3. The minimum absolute atomic E-state index is 0.243. The molecule has 5 nitrogen and oxygen atoms in total. The molecule has 0 unspecified atom stereocenters. The van der Waals surface area contributed by atoms with Gasteiger partial charge in [0.2, 0.25) is 0 Å². The van der Waals surface area contributed by atoms with Crippen molar-refractivity contribution in [3.63, 3.8) is 0 Å². The van der Waals surface area contributed by atoms with Crippen molar-refractivity contribution in [2.45, 2.75) is 12.8 Å². The Morgan fingerprint density at radius 3 is 3.10 bits per heavy atom. The zero-order valence-electron chi connectivity index (χ0n) is 11.1. The van der Waals surface area contributed by atoms with Crippen LogP contribution in [0.25, 0.3) is 0 Å². The van der Waals surface area contributed by atoms with E-state index in [-0.39, 0.29) is 6.54 Å². The average molecular weight is 265 g/mol. The fourth-order valence-corrected chi connectivity index (χ4v) is 2.49. The summed E-state index contributed by atoms with van der Waals surface area (Å²) >= 11 is 0. The summed E-state index contributed by atoms with van der Waals surface area (Å²) in [4.78, 5) is 10.7. The quantitative estimate of drug-likeness (QED) is 0.864. The average Bonchev–Trinajstić information content (AvgIpc) is 2.52. The van der Waals surface area contributed by atoms with Crippen molar-refractivity contribution < 1.29 is 0 Å². The van der Waals surface area contributed by atoms with E-state index in [9.17, 15) is 0 Å². The highest BCUT2D eigenvalue weighted by Crippen LogP contribution is 2.32. The number of aryl methyl sites for hydroxylation is 1. The van der Waals surface area contributed by atoms with Gasteiger partial charge in [0.05, 0.1) is 6.07 Å². The first-order valence-electron chi connectivity index (χ1n) is 6.67. The van der Waals surface area contributed by atoms with Gasteiger partial charge in [-0.1, -0.05) is 18.2 Å². The van der Waals surface area contributed by atoms with Crippen LogP contribution in [-0.4, -0.2) is 23.1 Å². The number of rotatable bonds is 3. The van der Waals surface area contributed by atoms with Crippen LogP contribution < -0.4 is 10.2 Å². The Balaban J connectivity index is 1.92. The van der Waals surface area contributed by atoms with Gasteiger partial charge in [-0.05, 0) is 24.5 Å². The van der Waals surface area contributed by atoms with Gasteiger partial charge in [-0.25, -0.2) is 9.97 Å². The summed E-state index contributed by atoms with van der Waals surface area (Å²) < 4.78 is 0. The van der Waals surface area contributed by atoms with Gasteiger partial charge >= 0.3 is 0 Å². The standard InChI is InChI=1S/C15H15N5/c16-7-8-17-14-10-15(19-11-18-14)20-9-3-5-12-4-1-2-6-13(12)20/h1-2,4,6,10-11H,3,5,8-9H2,(H,17,18,19). The molecule has 0 saturated carbocycles. The second-order valence-electron chi connectivity index (χ2n) is 4.66. The van der Waals surface area contributed by atoms with E-state index in [0.717, 1.165) is 25.2 Å². The number of aromatic nitrogens is 2. The minimum Gasteiger partial charge on any atom is -0.357 e. The topological polar surface area (TPSA) is 64.8 Å². The molecule has 1 N–H and O–H groups in total. The summed E-state index contributed by atoms with van der Waals surface area (Å²) in [5, 5.41) is 11.6. The number of hydrogen-bond acceptors (Lipinski definition) is 5. The number of nitrogens with zero attached hydrogens (tertiary/aromatic N) is 4. The Morgan fingerprint density at radius 1 is 1.30 bits per heavy atom. The first-order valence-corrected chi connectivity index (χ1v) is 6.67. The first kappa shape index (κ1) is 12.4. The van der Waals surface area contributed by atoms with Crippen LogP contribution in [-0.2, 0) is 6.42 Å². The molecule has 0 bridgehead atoms. The molecular weight excluding hydrogens is 250 g/mol. The van der Waals surface area contributed by atoms with Crippen molar-refractivity contribution in [3.05, 3.63) is 42.2 Å². The van der Waals surface area contributed by atoms with Gasteiger partial charge in [0.25, 0.3) is 0 Å². The molecule has 5 heteroatoms. The molecule has 1 aliphatic rings. The van der Waals surface area contributed by atoms with Crippen LogP contribution in [0.1, 0.15) is 12.0 Å². The lowest BCUT2D eigenvalue weighted by molar-refractivity contribution is 0.758. The van der Waals surface area contributed by atoms with Crippen LogP contribution in [0, 0.1) is 11.3 Å². The van der Waals surface area contributed by atoms with Crippen molar-refractivity contribution in [2.75, 3.05) is 23.3 Å². The molecule has 0 spiro atoms. The molecule has 0 aliphatic carbocycles. The monoisotopic (exact) mass is 265 g/mol. The van der Waals surface area contributed by atoms with Crippen LogP contribution in [0.2, 0.25) is 0 Å². The van der Waals surface area contributed by atoms with Crippen LogP contribution in [0.15, 0.2) is 36.7 Å². The molecule has 100 valence electrons. The van der Waals surface area contributed by atoms with E-state index >= 15 is 0 Å². The predicted octanol–water partition coefficient (Wildman–Crippen LogP) is 2.50. The molecule has 0 saturated heterocycles. The minimum atomic E-state index is 0.243. The van der Waals surface area contributed by atoms with Gasteiger partial charge in [-0.15, -0.1) is 0 Å². The summed E-state index contributed by atoms with van der Waals surface area (Å²) in [5.41, 5.74) is 2.56. The smallest absolute Gasteiger partial charge is 0.138 e. The summed E-state index contributed by atoms with van der Waals surface area (Å²) in [7, 11) is 0. The molecule has 3 rings (SSSR count). The van der Waals surface area contributed by atoms with Gasteiger partial charge < -0.3 is 10.2 Å². The summed E-state index contributed by atoms with van der Waals surface area (Å²) in [6.45, 7) is 1.19. The molecular formula is C15H15N5. The Morgan fingerprint density at radius 2 is 2.20 bits per heavy atom. The highest BCUT2D eigenvalue weighted by Gasteiger charge is 2.18. The largest absolute Gasteiger partial charge is 0.357 e. The van der Waals surface area contributed by atoms with Crippen LogP contribution in [0.3, 0.4) is 0 Å². The van der Waals surface area contributed by atoms with Crippen molar-refractivity contribution >= 4 is 17.3 Å². The Kier molecular flexibility index (Phi) is 3.46. The lowest BCUT2D eigenvalue weighted by Crippen LogP contribution is -2.25. The highest BCUT2D eigenvalue weighted by atomic mass is 15.2. The number of para-hydroxylation sites is 1. The molecule has 0 amide bonds. The van der Waals surface area contributed by atoms with E-state index in [1.165, 1.54) is 17.6 Å². The lowest BCUT2D eigenvalue weighted by atomic mass is 10.0. The number of benzene rings is 1. The van der Waals surface area contributed by atoms with Crippen LogP contribution in [0.5, 0.6) is 0 Å². The number of hydrogen-bond donors (Lipinski definition) is 1. The Labute approximate surface area is 117 Å². The molecule has 1 aromatic carbocycles. The van der Waals surface area contributed by atoms with Gasteiger partial charge in [0.15, 0.2) is 0 Å². The van der Waals surface area contributed by atoms with Crippen molar-refractivity contribution in [3.8, 4) is 6.07 Å². The van der Waals surface area contributed by atoms with Gasteiger partial charge in [0, 0.05) is 18.3 Å². The van der Waals surface area contributed by atoms with Gasteiger partial charge in [-0.2, -0.15) is 5.26 Å². The van der Waals surface area contributed by atoms with Crippen molar-refractivity contribution in [1.29, 1.82) is 5.26 Å². The maximum Gasteiger partial charge on any atom is 0.138 e. The third-order valence-corrected chi connectivity index (χ3v) is 3.39. The van der Waals surface area contributed by atoms with Crippen molar-refractivity contribution in [2.24, 2.45) is 0 Å². The SMILES string of the molecule is N#CCNc1cc(N2CCCc3ccccc32)ncn1. The molecule has 0 atom stereocenters. The molecule has 1 aliphatic heterocycles. The zero-order chi connectivity index (χ0) is 13.8. The normalized spacial score (nSPS) is 13.4. The molecule has 2 aromatic rings. The number of fused-ring (bicyclic) bond motifs is 1. The second-order valence-corrected chi connectivity index (χ2v) is 4.66. The van der Waals surface area contributed by atoms with Gasteiger partial charge in [0.1, 0.15) is 24.5 Å². The molecule has 20 heavy (non-hydrogen) atoms. The van der Waals surface area contributed by atoms with Crippen molar-refractivity contribution in [1.82, 2.24) is 9.97 Å². The molecule has 2 heterocycles. The van der Waals surface area contributed by atoms with E-state index in [1.54, 1.807) is 0 Å². The fourth-order valence-electron chi connectivity index (χ4n) is 2.49. The molecule has 0 fully saturated rings. The zero-order valence-corrected chi connectivity index (χ0v) is 11.1. The number of nitriles is 1. The third-order valence-electron chi connectivity index (χ3n) is 3.39. The maximum absolute atomic E-state index is 8.61. The fraction of sp³-hybridized carbons (Fsp3) is 0.267. The molecule has 0 radical (unpaired) electrons. The van der Waals surface area contributed by atoms with Crippen LogP contribution >= 0.6 is 0 Å². The van der Waals surface area contributed by atoms with Crippen LogP contribution in [0.4, 0.5) is 17.3 Å². The van der Waals surface area contributed by atoms with E-state index in [2.05, 4.69) is 38.4 Å². The van der Waals surface area contributed by atoms with Gasteiger partial charge in [-0.3, -0.25) is 0 Å². The van der Waals surface area contributed by atoms with E-state index in [1.807, 2.05) is 18.2 Å². The second kappa shape index (κ2) is 5.57. The highest BCUT2D eigenvalue weighted by molar-refractivity contribution is 5.66. The van der Waals surface area contributed by atoms with E-state index in [0.29, 0.717) is 5.82 Å². The first-order chi connectivity index (χ1) is 9.88. The summed E-state index contributed by atoms with van der Waals surface area (Å²) in [5.74, 6) is 1.55. The lowest BCUT2D eigenvalue weighted by Gasteiger charge is -2.30. The molecule has 1 aromatic heterocycles. The summed E-state index contributed by atoms with van der Waals surface area (Å²) in [6.07, 6.45) is 3.76. The predicted molar refractivity (Wildman–Crippen MR) is 77.9 cm³/mol. The number of nitrogens with one attached hydrogen (secondary N) is 1.